The van der Waals surface area contributed by atoms with Crippen LogP contribution < -0.4 is 5.32 Å². The van der Waals surface area contributed by atoms with Crippen LogP contribution in [0.15, 0.2) is 36.4 Å². The summed E-state index contributed by atoms with van der Waals surface area (Å²) in [6.45, 7) is 1.35. The van der Waals surface area contributed by atoms with Gasteiger partial charge < -0.3 is 10.1 Å². The minimum absolute atomic E-state index is 0.0945. The number of ether oxygens (including phenoxy) is 1. The molecule has 1 aromatic carbocycles. The quantitative estimate of drug-likeness (QED) is 0.860. The number of amides is 1. The minimum atomic E-state index is -0.318. The highest BCUT2D eigenvalue weighted by molar-refractivity contribution is 6.30. The van der Waals surface area contributed by atoms with Crippen molar-refractivity contribution in [1.29, 1.82) is 0 Å². The number of nitrogens with one attached hydrogen (secondary N) is 1. The lowest BCUT2D eigenvalue weighted by atomic mass is 9.81. The van der Waals surface area contributed by atoms with E-state index in [1.54, 1.807) is 0 Å². The normalized spacial score (nSPS) is 24.0. The van der Waals surface area contributed by atoms with Crippen molar-refractivity contribution in [3.8, 4) is 0 Å². The molecule has 1 aromatic rings. The Hall–Kier alpha value is -1.32. The standard InChI is InChI=1S/C18H22ClNO2/c19-16-8-6-15(7-9-16)18(10-12-22-13-11-18)20-17(21)14-4-2-1-3-5-14/h1-2,6-9,14H,3-5,10-13H2,(H,20,21)/t14-/m0/s1. The van der Waals surface area contributed by atoms with Gasteiger partial charge in [-0.1, -0.05) is 35.9 Å². The van der Waals surface area contributed by atoms with E-state index >= 15 is 0 Å². The molecule has 0 unspecified atom stereocenters. The molecule has 2 aliphatic rings. The first kappa shape index (κ1) is 15.6. The first-order chi connectivity index (χ1) is 10.7. The summed E-state index contributed by atoms with van der Waals surface area (Å²) in [5, 5.41) is 4.06. The number of carbonyl (C=O) groups is 1. The highest BCUT2D eigenvalue weighted by Crippen LogP contribution is 2.34. The molecule has 0 aromatic heterocycles. The van der Waals surface area contributed by atoms with Crippen molar-refractivity contribution in [2.45, 2.75) is 37.6 Å². The Kier molecular flexibility index (Phi) is 4.84. The second-order valence-corrected chi connectivity index (χ2v) is 6.61. The summed E-state index contributed by atoms with van der Waals surface area (Å²) in [5.74, 6) is 0.262. The average Bonchev–Trinajstić information content (AvgIpc) is 2.57. The van der Waals surface area contributed by atoms with Crippen LogP contribution in [0.3, 0.4) is 0 Å². The molecule has 1 saturated heterocycles. The van der Waals surface area contributed by atoms with E-state index in [0.29, 0.717) is 13.2 Å². The summed E-state index contributed by atoms with van der Waals surface area (Å²) in [6, 6.07) is 7.83. The number of benzene rings is 1. The molecule has 1 N–H and O–H groups in total. The highest BCUT2D eigenvalue weighted by atomic mass is 35.5. The molecule has 0 spiro atoms. The lowest BCUT2D eigenvalue weighted by molar-refractivity contribution is -0.128. The zero-order valence-corrected chi connectivity index (χ0v) is 13.4. The van der Waals surface area contributed by atoms with E-state index in [2.05, 4.69) is 17.5 Å². The number of allylic oxidation sites excluding steroid dienone is 2. The van der Waals surface area contributed by atoms with Gasteiger partial charge in [0.25, 0.3) is 0 Å². The molecule has 0 radical (unpaired) electrons. The smallest absolute Gasteiger partial charge is 0.224 e. The van der Waals surface area contributed by atoms with Crippen LogP contribution in [0.1, 0.15) is 37.7 Å². The molecule has 118 valence electrons. The van der Waals surface area contributed by atoms with Gasteiger partial charge in [-0.2, -0.15) is 0 Å². The van der Waals surface area contributed by atoms with Gasteiger partial charge >= 0.3 is 0 Å². The molecule has 3 rings (SSSR count). The molecule has 3 nitrogen and oxygen atoms in total. The number of hydrogen-bond acceptors (Lipinski definition) is 2. The van der Waals surface area contributed by atoms with Crippen LogP contribution in [0, 0.1) is 5.92 Å². The minimum Gasteiger partial charge on any atom is -0.381 e. The lowest BCUT2D eigenvalue weighted by Gasteiger charge is -2.39. The Labute approximate surface area is 136 Å². The topological polar surface area (TPSA) is 38.3 Å². The van der Waals surface area contributed by atoms with Gasteiger partial charge in [-0.3, -0.25) is 4.79 Å². The van der Waals surface area contributed by atoms with E-state index in [0.717, 1.165) is 42.7 Å². The predicted octanol–water partition coefficient (Wildman–Crippen LogP) is 3.82. The maximum absolute atomic E-state index is 12.7. The third-order valence-corrected chi connectivity index (χ3v) is 5.00. The molecule has 0 bridgehead atoms. The van der Waals surface area contributed by atoms with E-state index in [-0.39, 0.29) is 17.4 Å². The largest absolute Gasteiger partial charge is 0.381 e. The molecule has 1 heterocycles. The maximum atomic E-state index is 12.7. The lowest BCUT2D eigenvalue weighted by Crippen LogP contribution is -2.51. The van der Waals surface area contributed by atoms with Gasteiger partial charge in [-0.05, 0) is 49.8 Å². The van der Waals surface area contributed by atoms with Crippen LogP contribution in [0.25, 0.3) is 0 Å². The van der Waals surface area contributed by atoms with Crippen molar-refractivity contribution in [2.75, 3.05) is 13.2 Å². The van der Waals surface area contributed by atoms with Gasteiger partial charge in [0.2, 0.25) is 5.91 Å². The van der Waals surface area contributed by atoms with Crippen LogP contribution in [-0.4, -0.2) is 19.1 Å². The van der Waals surface area contributed by atoms with Crippen molar-refractivity contribution in [3.63, 3.8) is 0 Å². The molecule has 1 amide bonds. The van der Waals surface area contributed by atoms with Gasteiger partial charge in [0.1, 0.15) is 0 Å². The van der Waals surface area contributed by atoms with Gasteiger partial charge in [0, 0.05) is 24.2 Å². The van der Waals surface area contributed by atoms with Crippen LogP contribution in [0.4, 0.5) is 0 Å². The molecular weight excluding hydrogens is 298 g/mol. The fourth-order valence-electron chi connectivity index (χ4n) is 3.34. The van der Waals surface area contributed by atoms with Gasteiger partial charge in [-0.15, -0.1) is 0 Å². The summed E-state index contributed by atoms with van der Waals surface area (Å²) >= 11 is 6.00. The highest BCUT2D eigenvalue weighted by Gasteiger charge is 2.37. The molecule has 1 aliphatic heterocycles. The molecule has 4 heteroatoms. The van der Waals surface area contributed by atoms with Crippen molar-refractivity contribution in [2.24, 2.45) is 5.92 Å². The second-order valence-electron chi connectivity index (χ2n) is 6.17. The Morgan fingerprint density at radius 1 is 1.18 bits per heavy atom. The van der Waals surface area contributed by atoms with E-state index in [1.807, 2.05) is 24.3 Å². The Bertz CT molecular complexity index is 547. The fourth-order valence-corrected chi connectivity index (χ4v) is 3.47. The van der Waals surface area contributed by atoms with Crippen LogP contribution in [0.5, 0.6) is 0 Å². The third-order valence-electron chi connectivity index (χ3n) is 4.75. The monoisotopic (exact) mass is 319 g/mol. The van der Waals surface area contributed by atoms with Crippen LogP contribution in [-0.2, 0) is 15.1 Å². The Balaban J connectivity index is 1.81. The van der Waals surface area contributed by atoms with Gasteiger partial charge in [0.05, 0.1) is 5.54 Å². The van der Waals surface area contributed by atoms with Crippen molar-refractivity contribution in [1.82, 2.24) is 5.32 Å². The summed E-state index contributed by atoms with van der Waals surface area (Å²) in [5.41, 5.74) is 0.807. The van der Waals surface area contributed by atoms with E-state index in [9.17, 15) is 4.79 Å². The Morgan fingerprint density at radius 3 is 2.55 bits per heavy atom. The average molecular weight is 320 g/mol. The number of carbonyl (C=O) groups excluding carboxylic acids is 1. The van der Waals surface area contributed by atoms with Crippen molar-refractivity contribution < 1.29 is 9.53 Å². The fraction of sp³-hybridized carbons (Fsp3) is 0.500. The predicted molar refractivity (Wildman–Crippen MR) is 87.8 cm³/mol. The molecule has 0 saturated carbocycles. The summed E-state index contributed by atoms with van der Waals surface area (Å²) in [6.07, 6.45) is 8.68. The van der Waals surface area contributed by atoms with Crippen molar-refractivity contribution >= 4 is 17.5 Å². The summed E-state index contributed by atoms with van der Waals surface area (Å²) in [7, 11) is 0. The molecule has 1 aliphatic carbocycles. The SMILES string of the molecule is O=C(NC1(c2ccc(Cl)cc2)CCOCC1)[C@H]1CC=CCC1. The van der Waals surface area contributed by atoms with E-state index in [1.165, 1.54) is 0 Å². The summed E-state index contributed by atoms with van der Waals surface area (Å²) < 4.78 is 5.51. The van der Waals surface area contributed by atoms with Crippen molar-refractivity contribution in [3.05, 3.63) is 47.0 Å². The second kappa shape index (κ2) is 6.84. The first-order valence-electron chi connectivity index (χ1n) is 8.00. The van der Waals surface area contributed by atoms with Gasteiger partial charge in [-0.25, -0.2) is 0 Å². The molecule has 1 atom stereocenters. The van der Waals surface area contributed by atoms with Crippen LogP contribution in [0.2, 0.25) is 5.02 Å². The third kappa shape index (κ3) is 3.36. The van der Waals surface area contributed by atoms with E-state index in [4.69, 9.17) is 16.3 Å². The Morgan fingerprint density at radius 2 is 1.91 bits per heavy atom. The first-order valence-corrected chi connectivity index (χ1v) is 8.38. The molecule has 22 heavy (non-hydrogen) atoms. The van der Waals surface area contributed by atoms with Crippen LogP contribution >= 0.6 is 11.6 Å². The maximum Gasteiger partial charge on any atom is 0.224 e. The summed E-state index contributed by atoms with van der Waals surface area (Å²) in [4.78, 5) is 12.7. The number of halogens is 1. The zero-order valence-electron chi connectivity index (χ0n) is 12.7. The number of rotatable bonds is 3. The zero-order chi connectivity index (χ0) is 15.4. The molecule has 1 fully saturated rings. The number of hydrogen-bond donors (Lipinski definition) is 1. The molecular formula is C18H22ClNO2. The van der Waals surface area contributed by atoms with Gasteiger partial charge in [0.15, 0.2) is 0 Å². The van der Waals surface area contributed by atoms with E-state index < -0.39 is 0 Å².